The van der Waals surface area contributed by atoms with E-state index in [2.05, 4.69) is 19.2 Å². The van der Waals surface area contributed by atoms with Gasteiger partial charge in [-0.25, -0.2) is 0 Å². The van der Waals surface area contributed by atoms with Crippen LogP contribution >= 0.6 is 0 Å². The van der Waals surface area contributed by atoms with E-state index in [0.717, 1.165) is 13.0 Å². The van der Waals surface area contributed by atoms with Gasteiger partial charge in [0.1, 0.15) is 0 Å². The van der Waals surface area contributed by atoms with Gasteiger partial charge < -0.3 is 11.1 Å². The van der Waals surface area contributed by atoms with E-state index in [1.54, 1.807) is 0 Å². The van der Waals surface area contributed by atoms with Crippen LogP contribution < -0.4 is 11.1 Å². The largest absolute Gasteiger partial charge is 0.368 e. The molecule has 12 heavy (non-hydrogen) atoms. The highest BCUT2D eigenvalue weighted by atomic mass is 16.1. The first-order chi connectivity index (χ1) is 5.61. The number of piperidine rings is 1. The van der Waals surface area contributed by atoms with E-state index in [9.17, 15) is 4.79 Å². The third kappa shape index (κ3) is 0.774. The zero-order valence-corrected chi connectivity index (χ0v) is 7.63. The summed E-state index contributed by atoms with van der Waals surface area (Å²) in [5.74, 6) is 1.03. The van der Waals surface area contributed by atoms with Gasteiger partial charge in [0.15, 0.2) is 0 Å². The molecule has 68 valence electrons. The van der Waals surface area contributed by atoms with Gasteiger partial charge in [-0.05, 0) is 23.8 Å². The minimum Gasteiger partial charge on any atom is -0.368 e. The minimum absolute atomic E-state index is 0.0556. The highest BCUT2D eigenvalue weighted by molar-refractivity contribution is 5.81. The zero-order valence-electron chi connectivity index (χ0n) is 7.63. The van der Waals surface area contributed by atoms with Crippen molar-refractivity contribution in [2.24, 2.45) is 23.0 Å². The maximum atomic E-state index is 11.0. The first-order valence-electron chi connectivity index (χ1n) is 4.64. The molecule has 4 atom stereocenters. The molecule has 1 aliphatic heterocycles. The molecule has 0 bridgehead atoms. The number of nitrogens with one attached hydrogen (secondary N) is 1. The Hall–Kier alpha value is -0.570. The quantitative estimate of drug-likeness (QED) is 0.614. The summed E-state index contributed by atoms with van der Waals surface area (Å²) in [6, 6.07) is -0.0556. The van der Waals surface area contributed by atoms with Gasteiger partial charge in [0.05, 0.1) is 6.04 Å². The number of hydrogen-bond donors (Lipinski definition) is 2. The van der Waals surface area contributed by atoms with Gasteiger partial charge in [-0.3, -0.25) is 4.79 Å². The SMILES string of the molecule is CCC1(C)[C@@H]2[C@@H](C(N)=O)NC[C@@H]21. The van der Waals surface area contributed by atoms with Gasteiger partial charge in [-0.15, -0.1) is 0 Å². The second-order valence-electron chi connectivity index (χ2n) is 4.28. The minimum atomic E-state index is -0.181. The molecule has 2 rings (SSSR count). The van der Waals surface area contributed by atoms with Crippen LogP contribution in [0.15, 0.2) is 0 Å². The van der Waals surface area contributed by atoms with Gasteiger partial charge in [-0.1, -0.05) is 20.3 Å². The Morgan fingerprint density at radius 1 is 1.75 bits per heavy atom. The molecular formula is C9H16N2O. The number of primary amides is 1. The number of rotatable bonds is 2. The van der Waals surface area contributed by atoms with Crippen molar-refractivity contribution in [3.63, 3.8) is 0 Å². The second-order valence-corrected chi connectivity index (χ2v) is 4.28. The molecule has 0 radical (unpaired) electrons. The smallest absolute Gasteiger partial charge is 0.234 e. The lowest BCUT2D eigenvalue weighted by atomic mass is 9.97. The molecule has 1 saturated carbocycles. The van der Waals surface area contributed by atoms with Crippen LogP contribution in [0.5, 0.6) is 0 Å². The van der Waals surface area contributed by atoms with Crippen molar-refractivity contribution in [3.8, 4) is 0 Å². The molecule has 1 aliphatic carbocycles. The number of fused-ring (bicyclic) bond motifs is 1. The standard InChI is InChI=1S/C9H16N2O/c1-3-9(2)5-4-11-7(6(5)9)8(10)12/h5-7,11H,3-4H2,1-2H3,(H2,10,12)/t5-,6-,7-,9?/m0/s1. The fraction of sp³-hybridized carbons (Fsp3) is 0.889. The van der Waals surface area contributed by atoms with Crippen LogP contribution in [0, 0.1) is 17.3 Å². The van der Waals surface area contributed by atoms with Crippen molar-refractivity contribution in [2.45, 2.75) is 26.3 Å². The van der Waals surface area contributed by atoms with E-state index < -0.39 is 0 Å². The van der Waals surface area contributed by atoms with E-state index in [1.807, 2.05) is 0 Å². The van der Waals surface area contributed by atoms with E-state index in [0.29, 0.717) is 17.3 Å². The molecule has 0 spiro atoms. The van der Waals surface area contributed by atoms with Gasteiger partial charge >= 0.3 is 0 Å². The highest BCUT2D eigenvalue weighted by Crippen LogP contribution is 2.64. The maximum absolute atomic E-state index is 11.0. The van der Waals surface area contributed by atoms with Crippen LogP contribution in [-0.2, 0) is 4.79 Å². The van der Waals surface area contributed by atoms with Crippen LogP contribution in [0.25, 0.3) is 0 Å². The molecule has 0 aromatic heterocycles. The molecule has 3 nitrogen and oxygen atoms in total. The molecule has 3 heteroatoms. The van der Waals surface area contributed by atoms with Crippen molar-refractivity contribution in [1.29, 1.82) is 0 Å². The number of carbonyl (C=O) groups is 1. The Kier molecular flexibility index (Phi) is 1.49. The topological polar surface area (TPSA) is 55.1 Å². The van der Waals surface area contributed by atoms with E-state index in [-0.39, 0.29) is 11.9 Å². The van der Waals surface area contributed by atoms with Gasteiger partial charge in [-0.2, -0.15) is 0 Å². The Balaban J connectivity index is 2.12. The van der Waals surface area contributed by atoms with Crippen LogP contribution in [0.4, 0.5) is 0 Å². The lowest BCUT2D eigenvalue weighted by molar-refractivity contribution is -0.120. The third-order valence-corrected chi connectivity index (χ3v) is 3.92. The predicted molar refractivity (Wildman–Crippen MR) is 46.4 cm³/mol. The van der Waals surface area contributed by atoms with Crippen LogP contribution in [-0.4, -0.2) is 18.5 Å². The molecule has 3 N–H and O–H groups in total. The van der Waals surface area contributed by atoms with Crippen molar-refractivity contribution >= 4 is 5.91 Å². The summed E-state index contributed by atoms with van der Waals surface area (Å²) in [5.41, 5.74) is 5.68. The molecular weight excluding hydrogens is 152 g/mol. The molecule has 1 saturated heterocycles. The molecule has 1 amide bonds. The summed E-state index contributed by atoms with van der Waals surface area (Å²) < 4.78 is 0. The monoisotopic (exact) mass is 168 g/mol. The van der Waals surface area contributed by atoms with Crippen LogP contribution in [0.2, 0.25) is 0 Å². The number of hydrogen-bond acceptors (Lipinski definition) is 2. The molecule has 0 aromatic carbocycles. The first-order valence-corrected chi connectivity index (χ1v) is 4.64. The Morgan fingerprint density at radius 2 is 2.42 bits per heavy atom. The lowest BCUT2D eigenvalue weighted by Gasteiger charge is -2.17. The molecule has 0 aromatic rings. The summed E-state index contributed by atoms with van der Waals surface area (Å²) in [6.45, 7) is 5.43. The second kappa shape index (κ2) is 2.22. The van der Waals surface area contributed by atoms with Crippen molar-refractivity contribution in [2.75, 3.05) is 6.54 Å². The summed E-state index contributed by atoms with van der Waals surface area (Å²) in [6.07, 6.45) is 1.16. The van der Waals surface area contributed by atoms with Crippen LogP contribution in [0.3, 0.4) is 0 Å². The highest BCUT2D eigenvalue weighted by Gasteiger charge is 2.66. The molecule has 1 unspecified atom stereocenters. The predicted octanol–water partition coefficient (Wildman–Crippen LogP) is 0.106. The molecule has 2 aliphatic rings. The van der Waals surface area contributed by atoms with Crippen molar-refractivity contribution in [3.05, 3.63) is 0 Å². The Labute approximate surface area is 72.7 Å². The first kappa shape index (κ1) is 8.05. The summed E-state index contributed by atoms with van der Waals surface area (Å²) in [7, 11) is 0. The summed E-state index contributed by atoms with van der Waals surface area (Å²) >= 11 is 0. The normalized spacial score (nSPS) is 50.3. The zero-order chi connectivity index (χ0) is 8.93. The Bertz CT molecular complexity index is 229. The van der Waals surface area contributed by atoms with E-state index in [4.69, 9.17) is 5.73 Å². The average molecular weight is 168 g/mol. The Morgan fingerprint density at radius 3 is 2.83 bits per heavy atom. The lowest BCUT2D eigenvalue weighted by Crippen LogP contribution is -2.42. The fourth-order valence-corrected chi connectivity index (χ4v) is 2.83. The third-order valence-electron chi connectivity index (χ3n) is 3.92. The number of nitrogens with two attached hydrogens (primary N) is 1. The maximum Gasteiger partial charge on any atom is 0.234 e. The van der Waals surface area contributed by atoms with Crippen LogP contribution in [0.1, 0.15) is 20.3 Å². The fourth-order valence-electron chi connectivity index (χ4n) is 2.83. The van der Waals surface area contributed by atoms with Gasteiger partial charge in [0, 0.05) is 0 Å². The summed E-state index contributed by atoms with van der Waals surface area (Å²) in [4.78, 5) is 11.0. The average Bonchev–Trinajstić information content (AvgIpc) is 2.50. The number of carbonyl (C=O) groups excluding carboxylic acids is 1. The van der Waals surface area contributed by atoms with Gasteiger partial charge in [0.25, 0.3) is 0 Å². The number of amides is 1. The van der Waals surface area contributed by atoms with Crippen molar-refractivity contribution in [1.82, 2.24) is 5.32 Å². The van der Waals surface area contributed by atoms with Gasteiger partial charge in [0.2, 0.25) is 5.91 Å². The molecule has 2 fully saturated rings. The van der Waals surface area contributed by atoms with E-state index >= 15 is 0 Å². The van der Waals surface area contributed by atoms with E-state index in [1.165, 1.54) is 0 Å². The van der Waals surface area contributed by atoms with Crippen molar-refractivity contribution < 1.29 is 4.79 Å². The molecule has 1 heterocycles. The summed E-state index contributed by atoms with van der Waals surface area (Å²) in [5, 5.41) is 3.17.